The molecule has 1 aliphatic heterocycles. The molecule has 1 fully saturated rings. The fraction of sp³-hybridized carbons (Fsp3) is 0.750. The van der Waals surface area contributed by atoms with Crippen LogP contribution in [0.4, 0.5) is 0 Å². The lowest BCUT2D eigenvalue weighted by molar-refractivity contribution is -0.136. The number of carboxylic acids is 1. The molecule has 0 bridgehead atoms. The number of aryl methyl sites for hydroxylation is 1. The Bertz CT molecular complexity index is 421. The number of aromatic nitrogens is 2. The van der Waals surface area contributed by atoms with Crippen molar-refractivity contribution in [2.24, 2.45) is 5.92 Å². The third-order valence-corrected chi connectivity index (χ3v) is 3.24. The predicted molar refractivity (Wildman–Crippen MR) is 67.5 cm³/mol. The second-order valence-corrected chi connectivity index (χ2v) is 5.00. The summed E-state index contributed by atoms with van der Waals surface area (Å²) >= 11 is 0. The van der Waals surface area contributed by atoms with Gasteiger partial charge in [0, 0.05) is 6.54 Å². The van der Waals surface area contributed by atoms with E-state index in [9.17, 15) is 4.79 Å². The van der Waals surface area contributed by atoms with E-state index in [2.05, 4.69) is 20.4 Å². The largest absolute Gasteiger partial charge is 0.480 e. The fourth-order valence-corrected chi connectivity index (χ4v) is 2.44. The van der Waals surface area contributed by atoms with Crippen LogP contribution >= 0.6 is 0 Å². The maximum Gasteiger partial charge on any atom is 0.317 e. The van der Waals surface area contributed by atoms with Crippen LogP contribution in [0.3, 0.4) is 0 Å². The van der Waals surface area contributed by atoms with Crippen LogP contribution in [-0.2, 0) is 11.3 Å². The zero-order chi connectivity index (χ0) is 13.7. The van der Waals surface area contributed by atoms with Crippen molar-refractivity contribution in [1.29, 1.82) is 0 Å². The highest BCUT2D eigenvalue weighted by Crippen LogP contribution is 2.17. The SMILES string of the molecule is Cc1noc(CN2CCCC(CNCC(=O)O)C2)n1. The van der Waals surface area contributed by atoms with Gasteiger partial charge in [0.25, 0.3) is 0 Å². The van der Waals surface area contributed by atoms with Crippen LogP contribution in [0.2, 0.25) is 0 Å². The maximum atomic E-state index is 10.4. The van der Waals surface area contributed by atoms with Gasteiger partial charge in [0.2, 0.25) is 5.89 Å². The van der Waals surface area contributed by atoms with Crippen molar-refractivity contribution in [3.63, 3.8) is 0 Å². The molecule has 1 saturated heterocycles. The molecule has 0 saturated carbocycles. The minimum absolute atomic E-state index is 0.0271. The third-order valence-electron chi connectivity index (χ3n) is 3.24. The van der Waals surface area contributed by atoms with Crippen molar-refractivity contribution in [1.82, 2.24) is 20.4 Å². The van der Waals surface area contributed by atoms with E-state index in [0.29, 0.717) is 24.2 Å². The summed E-state index contributed by atoms with van der Waals surface area (Å²) in [5.74, 6) is 0.981. The van der Waals surface area contributed by atoms with E-state index in [1.807, 2.05) is 6.92 Å². The third kappa shape index (κ3) is 4.60. The number of rotatable bonds is 6. The Hall–Kier alpha value is -1.47. The van der Waals surface area contributed by atoms with Gasteiger partial charge in [-0.1, -0.05) is 5.16 Å². The van der Waals surface area contributed by atoms with Crippen molar-refractivity contribution in [2.45, 2.75) is 26.3 Å². The van der Waals surface area contributed by atoms with E-state index >= 15 is 0 Å². The lowest BCUT2D eigenvalue weighted by atomic mass is 9.98. The molecule has 2 N–H and O–H groups in total. The van der Waals surface area contributed by atoms with Gasteiger partial charge in [-0.25, -0.2) is 0 Å². The van der Waals surface area contributed by atoms with E-state index < -0.39 is 5.97 Å². The number of carbonyl (C=O) groups is 1. The smallest absolute Gasteiger partial charge is 0.317 e. The molecule has 0 radical (unpaired) electrons. The van der Waals surface area contributed by atoms with Gasteiger partial charge in [-0.2, -0.15) is 4.98 Å². The molecule has 2 heterocycles. The Labute approximate surface area is 112 Å². The number of piperidine rings is 1. The van der Waals surface area contributed by atoms with Gasteiger partial charge in [0.15, 0.2) is 5.82 Å². The van der Waals surface area contributed by atoms with Gasteiger partial charge in [-0.05, 0) is 38.8 Å². The Balaban J connectivity index is 1.75. The highest BCUT2D eigenvalue weighted by molar-refractivity contribution is 5.68. The lowest BCUT2D eigenvalue weighted by Gasteiger charge is -2.31. The second kappa shape index (κ2) is 6.63. The van der Waals surface area contributed by atoms with Crippen LogP contribution in [0.15, 0.2) is 4.52 Å². The summed E-state index contributed by atoms with van der Waals surface area (Å²) in [4.78, 5) is 16.9. The molecule has 106 valence electrons. The zero-order valence-corrected chi connectivity index (χ0v) is 11.1. The van der Waals surface area contributed by atoms with Crippen molar-refractivity contribution >= 4 is 5.97 Å². The maximum absolute atomic E-state index is 10.4. The highest BCUT2D eigenvalue weighted by Gasteiger charge is 2.21. The Morgan fingerprint density at radius 3 is 3.16 bits per heavy atom. The summed E-state index contributed by atoms with van der Waals surface area (Å²) in [5.41, 5.74) is 0. The van der Waals surface area contributed by atoms with Crippen LogP contribution in [-0.4, -0.2) is 52.3 Å². The van der Waals surface area contributed by atoms with E-state index in [1.165, 1.54) is 0 Å². The topological polar surface area (TPSA) is 91.5 Å². The molecule has 2 rings (SSSR count). The zero-order valence-electron chi connectivity index (χ0n) is 11.1. The van der Waals surface area contributed by atoms with Crippen molar-refractivity contribution in [3.8, 4) is 0 Å². The fourth-order valence-electron chi connectivity index (χ4n) is 2.44. The summed E-state index contributed by atoms with van der Waals surface area (Å²) in [5, 5.41) is 15.3. The monoisotopic (exact) mass is 268 g/mol. The molecule has 7 heteroatoms. The highest BCUT2D eigenvalue weighted by atomic mass is 16.5. The standard InChI is InChI=1S/C12H20N4O3/c1-9-14-11(19-15-9)8-16-4-2-3-10(7-16)5-13-6-12(17)18/h10,13H,2-8H2,1H3,(H,17,18). The molecule has 1 unspecified atom stereocenters. The summed E-state index contributed by atoms with van der Waals surface area (Å²) in [6, 6.07) is 0. The van der Waals surface area contributed by atoms with Crippen molar-refractivity contribution in [3.05, 3.63) is 11.7 Å². The molecule has 1 atom stereocenters. The predicted octanol–water partition coefficient (Wildman–Crippen LogP) is 0.264. The lowest BCUT2D eigenvalue weighted by Crippen LogP contribution is -2.40. The molecule has 0 amide bonds. The molecule has 0 aliphatic carbocycles. The molecule has 0 aromatic carbocycles. The molecule has 1 aromatic rings. The Kier molecular flexibility index (Phi) is 4.86. The van der Waals surface area contributed by atoms with E-state index in [4.69, 9.17) is 9.63 Å². The first-order chi connectivity index (χ1) is 9.13. The molecular formula is C12H20N4O3. The molecule has 19 heavy (non-hydrogen) atoms. The summed E-state index contributed by atoms with van der Waals surface area (Å²) in [6.07, 6.45) is 2.25. The van der Waals surface area contributed by atoms with Gasteiger partial charge < -0.3 is 14.9 Å². The minimum Gasteiger partial charge on any atom is -0.480 e. The van der Waals surface area contributed by atoms with Gasteiger partial charge in [-0.15, -0.1) is 0 Å². The Morgan fingerprint density at radius 1 is 1.63 bits per heavy atom. The Morgan fingerprint density at radius 2 is 2.47 bits per heavy atom. The van der Waals surface area contributed by atoms with E-state index in [0.717, 1.165) is 32.5 Å². The average molecular weight is 268 g/mol. The van der Waals surface area contributed by atoms with Gasteiger partial charge >= 0.3 is 5.97 Å². The average Bonchev–Trinajstić information content (AvgIpc) is 2.75. The molecule has 7 nitrogen and oxygen atoms in total. The normalized spacial score (nSPS) is 20.6. The van der Waals surface area contributed by atoms with Crippen molar-refractivity contribution < 1.29 is 14.4 Å². The van der Waals surface area contributed by atoms with Gasteiger partial charge in [0.1, 0.15) is 0 Å². The quantitative estimate of drug-likeness (QED) is 0.764. The number of hydrogen-bond donors (Lipinski definition) is 2. The second-order valence-electron chi connectivity index (χ2n) is 5.00. The first kappa shape index (κ1) is 14.0. The number of carboxylic acid groups (broad SMARTS) is 1. The van der Waals surface area contributed by atoms with Crippen molar-refractivity contribution in [2.75, 3.05) is 26.2 Å². The summed E-state index contributed by atoms with van der Waals surface area (Å²) < 4.78 is 5.12. The van der Waals surface area contributed by atoms with E-state index in [-0.39, 0.29) is 6.54 Å². The first-order valence-corrected chi connectivity index (χ1v) is 6.57. The number of nitrogens with zero attached hydrogens (tertiary/aromatic N) is 3. The molecular weight excluding hydrogens is 248 g/mol. The van der Waals surface area contributed by atoms with Crippen LogP contribution in [0, 0.1) is 12.8 Å². The number of hydrogen-bond acceptors (Lipinski definition) is 6. The van der Waals surface area contributed by atoms with E-state index in [1.54, 1.807) is 0 Å². The molecule has 1 aliphatic rings. The summed E-state index contributed by atoms with van der Waals surface area (Å²) in [7, 11) is 0. The van der Waals surface area contributed by atoms with Crippen LogP contribution in [0.25, 0.3) is 0 Å². The number of likely N-dealkylation sites (tertiary alicyclic amines) is 1. The summed E-state index contributed by atoms with van der Waals surface area (Å²) in [6.45, 7) is 5.22. The van der Waals surface area contributed by atoms with Gasteiger partial charge in [-0.3, -0.25) is 9.69 Å². The number of nitrogens with one attached hydrogen (secondary N) is 1. The molecule has 1 aromatic heterocycles. The first-order valence-electron chi connectivity index (χ1n) is 6.57. The van der Waals surface area contributed by atoms with Crippen LogP contribution in [0.5, 0.6) is 0 Å². The van der Waals surface area contributed by atoms with Crippen LogP contribution < -0.4 is 5.32 Å². The van der Waals surface area contributed by atoms with Gasteiger partial charge in [0.05, 0.1) is 13.1 Å². The minimum atomic E-state index is -0.811. The van der Waals surface area contributed by atoms with Crippen LogP contribution in [0.1, 0.15) is 24.6 Å². The number of aliphatic carboxylic acids is 1. The molecule has 0 spiro atoms.